The van der Waals surface area contributed by atoms with E-state index < -0.39 is 0 Å². The molecule has 42 heavy (non-hydrogen) atoms. The zero-order valence-corrected chi connectivity index (χ0v) is 29.0. The fraction of sp³-hybridized carbons (Fsp3) is 0.875. The predicted molar refractivity (Wildman–Crippen MR) is 188 cm³/mol. The number of carbonyl (C=O) groups is 1. The summed E-state index contributed by atoms with van der Waals surface area (Å²) in [5, 5.41) is 0. The predicted octanol–water partition coefficient (Wildman–Crippen LogP) is 14.2. The lowest BCUT2D eigenvalue weighted by Crippen LogP contribution is -2.02. The number of carbonyl (C=O) groups excluding carboxylic acids is 1. The summed E-state index contributed by atoms with van der Waals surface area (Å²) in [6.07, 6.45) is 51.5. The van der Waals surface area contributed by atoms with Crippen molar-refractivity contribution in [1.82, 2.24) is 0 Å². The first-order valence-corrected chi connectivity index (χ1v) is 19.3. The Labute approximate surface area is 265 Å². The molecule has 0 spiro atoms. The molecule has 248 valence electrons. The van der Waals surface area contributed by atoms with E-state index in [-0.39, 0.29) is 5.97 Å². The van der Waals surface area contributed by atoms with Gasteiger partial charge < -0.3 is 4.74 Å². The monoisotopic (exact) mass is 589 g/mol. The van der Waals surface area contributed by atoms with Crippen LogP contribution in [-0.4, -0.2) is 12.6 Å². The molecule has 0 saturated heterocycles. The van der Waals surface area contributed by atoms with Gasteiger partial charge in [-0.15, -0.1) is 0 Å². The number of ether oxygens (including phenoxy) is 1. The highest BCUT2D eigenvalue weighted by atomic mass is 16.5. The summed E-state index contributed by atoms with van der Waals surface area (Å²) in [4.78, 5) is 11.8. The van der Waals surface area contributed by atoms with Crippen LogP contribution in [0, 0.1) is 0 Å². The zero-order chi connectivity index (χ0) is 30.4. The summed E-state index contributed by atoms with van der Waals surface area (Å²) in [6.45, 7) is 5.14. The summed E-state index contributed by atoms with van der Waals surface area (Å²) in [5.41, 5.74) is 0. The van der Waals surface area contributed by atoms with Crippen molar-refractivity contribution in [2.45, 2.75) is 219 Å². The van der Waals surface area contributed by atoms with Crippen molar-refractivity contribution < 1.29 is 9.53 Å². The van der Waals surface area contributed by atoms with Crippen LogP contribution in [0.4, 0.5) is 0 Å². The van der Waals surface area contributed by atoms with Crippen LogP contribution in [0.15, 0.2) is 24.3 Å². The van der Waals surface area contributed by atoms with Gasteiger partial charge in [-0.3, -0.25) is 0 Å². The van der Waals surface area contributed by atoms with E-state index in [4.69, 9.17) is 4.74 Å². The summed E-state index contributed by atoms with van der Waals surface area (Å²) in [5.74, 6) is -0.201. The van der Waals surface area contributed by atoms with Crippen LogP contribution in [0.5, 0.6) is 0 Å². The van der Waals surface area contributed by atoms with Crippen LogP contribution in [0.3, 0.4) is 0 Å². The molecule has 0 aliphatic heterocycles. The number of rotatable bonds is 35. The summed E-state index contributed by atoms with van der Waals surface area (Å²) in [7, 11) is 0. The van der Waals surface area contributed by atoms with Crippen molar-refractivity contribution in [3.8, 4) is 0 Å². The van der Waals surface area contributed by atoms with Gasteiger partial charge in [0, 0.05) is 6.08 Å². The van der Waals surface area contributed by atoms with Crippen LogP contribution in [0.2, 0.25) is 0 Å². The van der Waals surface area contributed by atoms with Gasteiger partial charge in [0.05, 0.1) is 6.61 Å². The maximum absolute atomic E-state index is 11.8. The van der Waals surface area contributed by atoms with Crippen LogP contribution in [0.25, 0.3) is 0 Å². The number of unbranched alkanes of at least 4 members (excludes halogenated alkanes) is 30. The molecule has 0 unspecified atom stereocenters. The molecule has 0 aromatic carbocycles. The zero-order valence-electron chi connectivity index (χ0n) is 29.0. The molecular formula is C40H76O2. The first kappa shape index (κ1) is 41.0. The second-order valence-electron chi connectivity index (χ2n) is 13.0. The number of hydrogen-bond acceptors (Lipinski definition) is 2. The van der Waals surface area contributed by atoms with E-state index in [1.165, 1.54) is 193 Å². The summed E-state index contributed by atoms with van der Waals surface area (Å²) >= 11 is 0. The molecule has 0 aliphatic rings. The number of allylic oxidation sites excluding steroid dienone is 3. The quantitative estimate of drug-likeness (QED) is 0.0318. The molecule has 0 saturated carbocycles. The molecule has 2 heteroatoms. The SMILES string of the molecule is CCCCCCCCCCCCCCCC=CC=CC(=O)OCCCCCCCCCCCCCCCCCCCC. The highest BCUT2D eigenvalue weighted by Gasteiger charge is 1.98. The minimum absolute atomic E-state index is 0.201. The minimum Gasteiger partial charge on any atom is -0.463 e. The van der Waals surface area contributed by atoms with Gasteiger partial charge in [0.1, 0.15) is 0 Å². The van der Waals surface area contributed by atoms with E-state index in [9.17, 15) is 4.79 Å². The molecule has 2 nitrogen and oxygen atoms in total. The Morgan fingerprint density at radius 3 is 1.07 bits per heavy atom. The fourth-order valence-corrected chi connectivity index (χ4v) is 5.81. The van der Waals surface area contributed by atoms with Crippen LogP contribution in [-0.2, 0) is 9.53 Å². The standard InChI is InChI=1S/C40H76O2/c1-3-5-7-9-11-13-15-17-19-21-23-25-27-29-31-33-35-37-39-42-40(41)38-36-34-32-30-28-26-24-22-20-18-16-14-12-10-8-6-4-2/h32,34,36,38H,3-31,33,35,37,39H2,1-2H3. The molecule has 0 radical (unpaired) electrons. The maximum Gasteiger partial charge on any atom is 0.330 e. The van der Waals surface area contributed by atoms with Gasteiger partial charge in [-0.25, -0.2) is 4.79 Å². The van der Waals surface area contributed by atoms with Gasteiger partial charge in [0.15, 0.2) is 0 Å². The molecule has 0 aliphatic carbocycles. The normalized spacial score (nSPS) is 11.8. The average Bonchev–Trinajstić information content (AvgIpc) is 3.00. The molecule has 0 aromatic rings. The van der Waals surface area contributed by atoms with E-state index >= 15 is 0 Å². The second kappa shape index (κ2) is 38.0. The van der Waals surface area contributed by atoms with Crippen LogP contribution in [0.1, 0.15) is 219 Å². The van der Waals surface area contributed by atoms with Crippen molar-refractivity contribution in [3.63, 3.8) is 0 Å². The Morgan fingerprint density at radius 2 is 0.714 bits per heavy atom. The molecule has 0 N–H and O–H groups in total. The van der Waals surface area contributed by atoms with Gasteiger partial charge in [0.25, 0.3) is 0 Å². The highest BCUT2D eigenvalue weighted by Crippen LogP contribution is 2.15. The van der Waals surface area contributed by atoms with Gasteiger partial charge in [-0.05, 0) is 19.3 Å². The smallest absolute Gasteiger partial charge is 0.330 e. The molecule has 0 atom stereocenters. The molecule has 0 heterocycles. The topological polar surface area (TPSA) is 26.3 Å². The van der Waals surface area contributed by atoms with E-state index in [2.05, 4.69) is 19.9 Å². The Kier molecular flexibility index (Phi) is 37.0. The van der Waals surface area contributed by atoms with Gasteiger partial charge in [-0.2, -0.15) is 0 Å². The van der Waals surface area contributed by atoms with Crippen molar-refractivity contribution in [2.24, 2.45) is 0 Å². The third kappa shape index (κ3) is 37.0. The van der Waals surface area contributed by atoms with Crippen molar-refractivity contribution in [1.29, 1.82) is 0 Å². The lowest BCUT2D eigenvalue weighted by Gasteiger charge is -2.04. The Bertz CT molecular complexity index is 564. The molecule has 0 aromatic heterocycles. The molecular weight excluding hydrogens is 512 g/mol. The van der Waals surface area contributed by atoms with Crippen molar-refractivity contribution >= 4 is 5.97 Å². The Balaban J connectivity index is 3.26. The summed E-state index contributed by atoms with van der Waals surface area (Å²) < 4.78 is 5.34. The van der Waals surface area contributed by atoms with Crippen molar-refractivity contribution in [2.75, 3.05) is 6.61 Å². The maximum atomic E-state index is 11.8. The second-order valence-corrected chi connectivity index (χ2v) is 13.0. The van der Waals surface area contributed by atoms with Gasteiger partial charge in [-0.1, -0.05) is 218 Å². The number of hydrogen-bond donors (Lipinski definition) is 0. The van der Waals surface area contributed by atoms with E-state index in [0.717, 1.165) is 12.8 Å². The lowest BCUT2D eigenvalue weighted by atomic mass is 10.0. The van der Waals surface area contributed by atoms with Gasteiger partial charge in [0.2, 0.25) is 0 Å². The highest BCUT2D eigenvalue weighted by molar-refractivity contribution is 5.82. The van der Waals surface area contributed by atoms with Crippen LogP contribution < -0.4 is 0 Å². The minimum atomic E-state index is -0.201. The molecule has 0 amide bonds. The van der Waals surface area contributed by atoms with E-state index in [0.29, 0.717) is 6.61 Å². The first-order valence-electron chi connectivity index (χ1n) is 19.3. The van der Waals surface area contributed by atoms with Crippen LogP contribution >= 0.6 is 0 Å². The summed E-state index contributed by atoms with van der Waals surface area (Å²) in [6, 6.07) is 0. The molecule has 0 rings (SSSR count). The van der Waals surface area contributed by atoms with E-state index in [1.807, 2.05) is 12.2 Å². The third-order valence-electron chi connectivity index (χ3n) is 8.70. The van der Waals surface area contributed by atoms with E-state index in [1.54, 1.807) is 6.08 Å². The first-order chi connectivity index (χ1) is 20.8. The lowest BCUT2D eigenvalue weighted by molar-refractivity contribution is -0.137. The van der Waals surface area contributed by atoms with Gasteiger partial charge >= 0.3 is 5.97 Å². The van der Waals surface area contributed by atoms with Crippen molar-refractivity contribution in [3.05, 3.63) is 24.3 Å². The largest absolute Gasteiger partial charge is 0.463 e. The third-order valence-corrected chi connectivity index (χ3v) is 8.70. The number of esters is 1. The molecule has 0 bridgehead atoms. The molecule has 0 fully saturated rings. The fourth-order valence-electron chi connectivity index (χ4n) is 5.81. The Morgan fingerprint density at radius 1 is 0.405 bits per heavy atom. The average molecular weight is 589 g/mol. The Hall–Kier alpha value is -1.05.